The zero-order valence-corrected chi connectivity index (χ0v) is 7.58. The normalized spacial score (nSPS) is 37.5. The third-order valence-electron chi connectivity index (χ3n) is 3.17. The highest BCUT2D eigenvalue weighted by molar-refractivity contribution is 6.00. The van der Waals surface area contributed by atoms with E-state index in [2.05, 4.69) is 4.74 Å². The summed E-state index contributed by atoms with van der Waals surface area (Å²) in [5, 5.41) is 0. The third kappa shape index (κ3) is 0.961. The third-order valence-corrected chi connectivity index (χ3v) is 3.17. The molecule has 2 aliphatic rings. The number of cyclic esters (lactones) is 2. The minimum Gasteiger partial charge on any atom is -0.392 e. The van der Waals surface area contributed by atoms with Gasteiger partial charge in [0.15, 0.2) is 0 Å². The van der Waals surface area contributed by atoms with Gasteiger partial charge in [-0.3, -0.25) is 9.59 Å². The van der Waals surface area contributed by atoms with Crippen LogP contribution in [-0.2, 0) is 14.3 Å². The van der Waals surface area contributed by atoms with Crippen LogP contribution in [0.1, 0.15) is 26.2 Å². The number of esters is 2. The molecule has 2 atom stereocenters. The van der Waals surface area contributed by atoms with E-state index in [1.807, 2.05) is 19.1 Å². The van der Waals surface area contributed by atoms with Gasteiger partial charge in [-0.1, -0.05) is 19.1 Å². The zero-order valence-electron chi connectivity index (χ0n) is 7.58. The van der Waals surface area contributed by atoms with Gasteiger partial charge in [-0.25, -0.2) is 0 Å². The smallest absolute Gasteiger partial charge is 0.321 e. The summed E-state index contributed by atoms with van der Waals surface area (Å²) in [5.74, 6) is -1.02. The van der Waals surface area contributed by atoms with Crippen molar-refractivity contribution in [2.45, 2.75) is 26.2 Å². The summed E-state index contributed by atoms with van der Waals surface area (Å²) >= 11 is 0. The van der Waals surface area contributed by atoms with Crippen LogP contribution in [0.2, 0.25) is 0 Å². The van der Waals surface area contributed by atoms with E-state index in [0.29, 0.717) is 6.42 Å². The van der Waals surface area contributed by atoms with Crippen molar-refractivity contribution in [3.63, 3.8) is 0 Å². The molecule has 0 N–H and O–H groups in total. The number of hydrogen-bond donors (Lipinski definition) is 0. The van der Waals surface area contributed by atoms with E-state index >= 15 is 0 Å². The van der Waals surface area contributed by atoms with Crippen molar-refractivity contribution in [2.75, 3.05) is 0 Å². The van der Waals surface area contributed by atoms with Crippen LogP contribution < -0.4 is 0 Å². The summed E-state index contributed by atoms with van der Waals surface area (Å²) in [6.07, 6.45) is 6.08. The monoisotopic (exact) mass is 180 g/mol. The van der Waals surface area contributed by atoms with Gasteiger partial charge in [0, 0.05) is 0 Å². The van der Waals surface area contributed by atoms with Gasteiger partial charge >= 0.3 is 11.9 Å². The topological polar surface area (TPSA) is 43.4 Å². The minimum atomic E-state index is -0.536. The van der Waals surface area contributed by atoms with Crippen LogP contribution in [0.25, 0.3) is 0 Å². The molecule has 1 fully saturated rings. The number of fused-ring (bicyclic) bond motifs is 1. The van der Waals surface area contributed by atoms with Gasteiger partial charge in [0.25, 0.3) is 0 Å². The Morgan fingerprint density at radius 3 is 3.00 bits per heavy atom. The highest BCUT2D eigenvalue weighted by Crippen LogP contribution is 2.46. The van der Waals surface area contributed by atoms with Gasteiger partial charge in [-0.2, -0.15) is 0 Å². The fourth-order valence-corrected chi connectivity index (χ4v) is 2.24. The van der Waals surface area contributed by atoms with Gasteiger partial charge in [0.05, 0.1) is 11.3 Å². The average molecular weight is 180 g/mol. The van der Waals surface area contributed by atoms with Gasteiger partial charge in [-0.05, 0) is 19.3 Å². The van der Waals surface area contributed by atoms with Crippen molar-refractivity contribution >= 4 is 11.9 Å². The predicted octanol–water partition coefficient (Wildman–Crippen LogP) is 1.43. The fourth-order valence-electron chi connectivity index (χ4n) is 2.24. The molecule has 13 heavy (non-hydrogen) atoms. The van der Waals surface area contributed by atoms with Crippen molar-refractivity contribution in [2.24, 2.45) is 11.3 Å². The van der Waals surface area contributed by atoms with Crippen LogP contribution in [0.3, 0.4) is 0 Å². The fraction of sp³-hybridized carbons (Fsp3) is 0.600. The Bertz CT molecular complexity index is 293. The molecule has 1 saturated heterocycles. The van der Waals surface area contributed by atoms with Gasteiger partial charge < -0.3 is 4.74 Å². The first kappa shape index (κ1) is 8.48. The largest absolute Gasteiger partial charge is 0.392 e. The van der Waals surface area contributed by atoms with Crippen LogP contribution in [-0.4, -0.2) is 11.9 Å². The first-order valence-electron chi connectivity index (χ1n) is 4.63. The molecule has 0 amide bonds. The molecular weight excluding hydrogens is 168 g/mol. The van der Waals surface area contributed by atoms with E-state index in [0.717, 1.165) is 12.8 Å². The van der Waals surface area contributed by atoms with Crippen molar-refractivity contribution in [1.29, 1.82) is 0 Å². The predicted molar refractivity (Wildman–Crippen MR) is 45.7 cm³/mol. The van der Waals surface area contributed by atoms with Crippen molar-refractivity contribution in [1.82, 2.24) is 0 Å². The Hall–Kier alpha value is -1.12. The van der Waals surface area contributed by atoms with Crippen LogP contribution in [0.5, 0.6) is 0 Å². The molecule has 1 heterocycles. The Balaban J connectivity index is 2.44. The molecule has 0 saturated carbocycles. The van der Waals surface area contributed by atoms with Crippen LogP contribution >= 0.6 is 0 Å². The first-order valence-corrected chi connectivity index (χ1v) is 4.63. The molecule has 1 aliphatic carbocycles. The summed E-state index contributed by atoms with van der Waals surface area (Å²) in [4.78, 5) is 22.8. The van der Waals surface area contributed by atoms with E-state index in [4.69, 9.17) is 0 Å². The molecule has 0 aromatic rings. The van der Waals surface area contributed by atoms with Crippen molar-refractivity contribution in [3.8, 4) is 0 Å². The summed E-state index contributed by atoms with van der Waals surface area (Å²) in [7, 11) is 0. The first-order chi connectivity index (χ1) is 6.20. The molecule has 0 aromatic carbocycles. The second-order valence-corrected chi connectivity index (χ2v) is 3.66. The highest BCUT2D eigenvalue weighted by Gasteiger charge is 2.55. The quantitative estimate of drug-likeness (QED) is 0.348. The maximum Gasteiger partial charge on any atom is 0.321 e. The SMILES string of the molecule is CCC12CCC=CC1C(=O)OC2=O. The number of carbonyl (C=O) groups excluding carboxylic acids is 2. The van der Waals surface area contributed by atoms with Crippen LogP contribution in [0, 0.1) is 11.3 Å². The van der Waals surface area contributed by atoms with Gasteiger partial charge in [0.1, 0.15) is 0 Å². The minimum absolute atomic E-state index is 0.321. The lowest BCUT2D eigenvalue weighted by Gasteiger charge is -2.28. The Labute approximate surface area is 76.8 Å². The maximum atomic E-state index is 11.5. The number of allylic oxidation sites excluding steroid dienone is 1. The molecular formula is C10H12O3. The van der Waals surface area contributed by atoms with Gasteiger partial charge in [-0.15, -0.1) is 0 Å². The summed E-state index contributed by atoms with van der Waals surface area (Å²) in [6, 6.07) is 0. The molecule has 3 nitrogen and oxygen atoms in total. The molecule has 1 aliphatic heterocycles. The standard InChI is InChI=1S/C10H12O3/c1-2-10-6-4-3-5-7(10)8(11)13-9(10)12/h3,5,7H,2,4,6H2,1H3. The second kappa shape index (κ2) is 2.69. The summed E-state index contributed by atoms with van der Waals surface area (Å²) in [5.41, 5.74) is -0.536. The van der Waals surface area contributed by atoms with Crippen LogP contribution in [0.4, 0.5) is 0 Å². The molecule has 2 rings (SSSR count). The Kier molecular flexibility index (Phi) is 1.75. The Morgan fingerprint density at radius 2 is 2.38 bits per heavy atom. The van der Waals surface area contributed by atoms with Crippen molar-refractivity contribution < 1.29 is 14.3 Å². The maximum absolute atomic E-state index is 11.5. The highest BCUT2D eigenvalue weighted by atomic mass is 16.6. The number of hydrogen-bond acceptors (Lipinski definition) is 3. The molecule has 2 unspecified atom stereocenters. The Morgan fingerprint density at radius 1 is 1.62 bits per heavy atom. The van der Waals surface area contributed by atoms with Gasteiger partial charge in [0.2, 0.25) is 0 Å². The molecule has 0 radical (unpaired) electrons. The molecule has 3 heteroatoms. The second-order valence-electron chi connectivity index (χ2n) is 3.66. The molecule has 0 aromatic heterocycles. The summed E-state index contributed by atoms with van der Waals surface area (Å²) in [6.45, 7) is 1.94. The number of carbonyl (C=O) groups is 2. The van der Waals surface area contributed by atoms with E-state index in [1.165, 1.54) is 0 Å². The lowest BCUT2D eigenvalue weighted by molar-refractivity contribution is -0.155. The van der Waals surface area contributed by atoms with Crippen LogP contribution in [0.15, 0.2) is 12.2 Å². The van der Waals surface area contributed by atoms with Crippen molar-refractivity contribution in [3.05, 3.63) is 12.2 Å². The molecule has 0 spiro atoms. The lowest BCUT2D eigenvalue weighted by Crippen LogP contribution is -2.34. The van der Waals surface area contributed by atoms with E-state index in [9.17, 15) is 9.59 Å². The molecule has 70 valence electrons. The average Bonchev–Trinajstić information content (AvgIpc) is 2.41. The van der Waals surface area contributed by atoms with E-state index < -0.39 is 5.41 Å². The zero-order chi connectivity index (χ0) is 9.47. The molecule has 0 bridgehead atoms. The lowest BCUT2D eigenvalue weighted by atomic mass is 9.69. The number of ether oxygens (including phenoxy) is 1. The number of rotatable bonds is 1. The van der Waals surface area contributed by atoms with E-state index in [1.54, 1.807) is 0 Å². The summed E-state index contributed by atoms with van der Waals surface area (Å²) < 4.78 is 4.67. The van der Waals surface area contributed by atoms with E-state index in [-0.39, 0.29) is 17.9 Å².